The van der Waals surface area contributed by atoms with Crippen LogP contribution in [0.2, 0.25) is 0 Å². The molecule has 2 heteroatoms. The van der Waals surface area contributed by atoms with Gasteiger partial charge in [-0.25, -0.2) is 0 Å². The molecule has 1 saturated carbocycles. The summed E-state index contributed by atoms with van der Waals surface area (Å²) in [6, 6.07) is 8.45. The zero-order valence-electron chi connectivity index (χ0n) is 10.1. The molecule has 0 heterocycles. The van der Waals surface area contributed by atoms with E-state index in [2.05, 4.69) is 12.1 Å². The molecule has 1 aromatic carbocycles. The van der Waals surface area contributed by atoms with E-state index in [4.69, 9.17) is 10.5 Å². The van der Waals surface area contributed by atoms with Crippen molar-refractivity contribution in [2.45, 2.75) is 45.3 Å². The fourth-order valence-electron chi connectivity index (χ4n) is 2.11. The first-order valence-electron chi connectivity index (χ1n) is 6.19. The third kappa shape index (κ3) is 2.56. The second kappa shape index (κ2) is 4.88. The van der Waals surface area contributed by atoms with Gasteiger partial charge in [-0.1, -0.05) is 18.6 Å². The van der Waals surface area contributed by atoms with Crippen LogP contribution in [0.1, 0.15) is 44.7 Å². The zero-order chi connectivity index (χ0) is 11.5. The van der Waals surface area contributed by atoms with Gasteiger partial charge < -0.3 is 10.5 Å². The molecular formula is C14H21NO. The summed E-state index contributed by atoms with van der Waals surface area (Å²) in [6.07, 6.45) is 4.13. The van der Waals surface area contributed by atoms with Gasteiger partial charge in [-0.2, -0.15) is 0 Å². The highest BCUT2D eigenvalue weighted by Gasteiger charge is 2.25. The molecule has 2 N–H and O–H groups in total. The van der Waals surface area contributed by atoms with Crippen molar-refractivity contribution in [3.63, 3.8) is 0 Å². The summed E-state index contributed by atoms with van der Waals surface area (Å²) in [5.41, 5.74) is 7.45. The summed E-state index contributed by atoms with van der Waals surface area (Å²) >= 11 is 0. The van der Waals surface area contributed by atoms with Crippen LogP contribution in [0.3, 0.4) is 0 Å². The third-order valence-electron chi connectivity index (χ3n) is 3.29. The van der Waals surface area contributed by atoms with Gasteiger partial charge in [-0.05, 0) is 50.3 Å². The van der Waals surface area contributed by atoms with Crippen LogP contribution in [0.25, 0.3) is 0 Å². The Morgan fingerprint density at radius 1 is 1.19 bits per heavy atom. The number of benzene rings is 1. The fourth-order valence-corrected chi connectivity index (χ4v) is 2.11. The van der Waals surface area contributed by atoms with Gasteiger partial charge >= 0.3 is 0 Å². The molecule has 2 rings (SSSR count). The molecule has 88 valence electrons. The minimum atomic E-state index is 0.210. The lowest BCUT2D eigenvalue weighted by molar-refractivity contribution is 0.241. The Bertz CT molecular complexity index is 327. The molecule has 16 heavy (non-hydrogen) atoms. The topological polar surface area (TPSA) is 35.2 Å². The molecule has 1 aliphatic carbocycles. The van der Waals surface area contributed by atoms with Crippen LogP contribution >= 0.6 is 0 Å². The summed E-state index contributed by atoms with van der Waals surface area (Å²) in [5, 5.41) is 0. The minimum absolute atomic E-state index is 0.210. The van der Waals surface area contributed by atoms with Crippen molar-refractivity contribution < 1.29 is 4.74 Å². The summed E-state index contributed by atoms with van der Waals surface area (Å²) in [4.78, 5) is 0. The van der Waals surface area contributed by atoms with Gasteiger partial charge in [0, 0.05) is 6.04 Å². The van der Waals surface area contributed by atoms with Crippen LogP contribution in [-0.2, 0) is 0 Å². The maximum absolute atomic E-state index is 6.21. The second-order valence-corrected chi connectivity index (χ2v) is 4.95. The molecule has 1 atom stereocenters. The summed E-state index contributed by atoms with van der Waals surface area (Å²) in [6.45, 7) is 4.07. The monoisotopic (exact) mass is 219 g/mol. The maximum atomic E-state index is 6.21. The van der Waals surface area contributed by atoms with Crippen LogP contribution in [0.4, 0.5) is 0 Å². The van der Waals surface area contributed by atoms with Gasteiger partial charge in [0.15, 0.2) is 0 Å². The van der Waals surface area contributed by atoms with Crippen molar-refractivity contribution in [3.05, 3.63) is 29.8 Å². The van der Waals surface area contributed by atoms with E-state index in [-0.39, 0.29) is 12.1 Å². The van der Waals surface area contributed by atoms with Crippen LogP contribution in [0, 0.1) is 5.92 Å². The Balaban J connectivity index is 2.00. The van der Waals surface area contributed by atoms with Crippen LogP contribution in [-0.4, -0.2) is 6.10 Å². The van der Waals surface area contributed by atoms with E-state index in [1.165, 1.54) is 24.8 Å². The molecular weight excluding hydrogens is 198 g/mol. The van der Waals surface area contributed by atoms with Gasteiger partial charge in [0.2, 0.25) is 0 Å². The van der Waals surface area contributed by atoms with E-state index in [1.54, 1.807) is 0 Å². The summed E-state index contributed by atoms with van der Waals surface area (Å²) in [7, 11) is 0. The molecule has 0 aromatic heterocycles. The van der Waals surface area contributed by atoms with Crippen molar-refractivity contribution in [2.75, 3.05) is 0 Å². The molecule has 2 nitrogen and oxygen atoms in total. The number of nitrogens with two attached hydrogens (primary N) is 1. The normalized spacial score (nSPS) is 18.2. The quantitative estimate of drug-likeness (QED) is 0.843. The zero-order valence-corrected chi connectivity index (χ0v) is 10.1. The standard InChI is InChI=1S/C14H21NO/c1-10(2)16-13-8-6-12(7-9-13)14(15)11-4-3-5-11/h6-11,14H,3-5,15H2,1-2H3. The van der Waals surface area contributed by atoms with Gasteiger partial charge in [-0.15, -0.1) is 0 Å². The van der Waals surface area contributed by atoms with E-state index in [1.807, 2.05) is 26.0 Å². The van der Waals surface area contributed by atoms with Crippen molar-refractivity contribution in [1.82, 2.24) is 0 Å². The van der Waals surface area contributed by atoms with Crippen LogP contribution in [0.5, 0.6) is 5.75 Å². The Labute approximate surface area is 97.8 Å². The van der Waals surface area contributed by atoms with Crippen molar-refractivity contribution >= 4 is 0 Å². The highest BCUT2D eigenvalue weighted by atomic mass is 16.5. The summed E-state index contributed by atoms with van der Waals surface area (Å²) < 4.78 is 5.61. The van der Waals surface area contributed by atoms with E-state index in [0.29, 0.717) is 5.92 Å². The smallest absolute Gasteiger partial charge is 0.119 e. The Hall–Kier alpha value is -1.02. The Kier molecular flexibility index (Phi) is 3.49. The molecule has 0 spiro atoms. The lowest BCUT2D eigenvalue weighted by Crippen LogP contribution is -2.26. The minimum Gasteiger partial charge on any atom is -0.491 e. The Morgan fingerprint density at radius 2 is 1.81 bits per heavy atom. The molecule has 1 aromatic rings. The predicted molar refractivity (Wildman–Crippen MR) is 66.5 cm³/mol. The first kappa shape index (κ1) is 11.5. The largest absolute Gasteiger partial charge is 0.491 e. The highest BCUT2D eigenvalue weighted by molar-refractivity contribution is 5.29. The van der Waals surface area contributed by atoms with Crippen molar-refractivity contribution in [1.29, 1.82) is 0 Å². The van der Waals surface area contributed by atoms with Gasteiger partial charge in [-0.3, -0.25) is 0 Å². The van der Waals surface area contributed by atoms with E-state index in [0.717, 1.165) is 5.75 Å². The Morgan fingerprint density at radius 3 is 2.25 bits per heavy atom. The molecule has 1 fully saturated rings. The third-order valence-corrected chi connectivity index (χ3v) is 3.29. The van der Waals surface area contributed by atoms with Crippen LogP contribution in [0.15, 0.2) is 24.3 Å². The lowest BCUT2D eigenvalue weighted by Gasteiger charge is -2.31. The van der Waals surface area contributed by atoms with E-state index < -0.39 is 0 Å². The van der Waals surface area contributed by atoms with Gasteiger partial charge in [0.05, 0.1) is 6.10 Å². The molecule has 0 aliphatic heterocycles. The van der Waals surface area contributed by atoms with Crippen LogP contribution < -0.4 is 10.5 Å². The first-order chi connectivity index (χ1) is 7.66. The second-order valence-electron chi connectivity index (χ2n) is 4.95. The number of hydrogen-bond donors (Lipinski definition) is 1. The SMILES string of the molecule is CC(C)Oc1ccc(C(N)C2CCC2)cc1. The average Bonchev–Trinajstić information content (AvgIpc) is 2.15. The molecule has 0 radical (unpaired) electrons. The molecule has 0 bridgehead atoms. The van der Waals surface area contributed by atoms with E-state index in [9.17, 15) is 0 Å². The molecule has 0 amide bonds. The van der Waals surface area contributed by atoms with Gasteiger partial charge in [0.25, 0.3) is 0 Å². The van der Waals surface area contributed by atoms with E-state index >= 15 is 0 Å². The van der Waals surface area contributed by atoms with Crippen molar-refractivity contribution in [3.8, 4) is 5.75 Å². The fraction of sp³-hybridized carbons (Fsp3) is 0.571. The van der Waals surface area contributed by atoms with Crippen molar-refractivity contribution in [2.24, 2.45) is 11.7 Å². The average molecular weight is 219 g/mol. The summed E-state index contributed by atoms with van der Waals surface area (Å²) in [5.74, 6) is 1.62. The number of ether oxygens (including phenoxy) is 1. The highest BCUT2D eigenvalue weighted by Crippen LogP contribution is 2.36. The number of rotatable bonds is 4. The molecule has 1 unspecified atom stereocenters. The molecule has 1 aliphatic rings. The molecule has 0 saturated heterocycles. The van der Waals surface area contributed by atoms with Gasteiger partial charge in [0.1, 0.15) is 5.75 Å². The maximum Gasteiger partial charge on any atom is 0.119 e. The number of hydrogen-bond acceptors (Lipinski definition) is 2. The lowest BCUT2D eigenvalue weighted by atomic mass is 9.78. The predicted octanol–water partition coefficient (Wildman–Crippen LogP) is 3.27. The first-order valence-corrected chi connectivity index (χ1v) is 6.19.